The van der Waals surface area contributed by atoms with Crippen molar-refractivity contribution in [1.29, 1.82) is 5.26 Å². The molecule has 0 atom stereocenters. The summed E-state index contributed by atoms with van der Waals surface area (Å²) in [4.78, 5) is 0. The molecule has 0 aromatic heterocycles. The van der Waals surface area contributed by atoms with Crippen LogP contribution in [0, 0.1) is 11.3 Å². The fraction of sp³-hybridized carbons (Fsp3) is 0.500. The topological polar surface area (TPSA) is 82.1 Å². The van der Waals surface area contributed by atoms with Crippen molar-refractivity contribution in [1.82, 2.24) is 0 Å². The van der Waals surface area contributed by atoms with Crippen LogP contribution in [0.4, 0.5) is 11.4 Å². The van der Waals surface area contributed by atoms with E-state index in [1.807, 2.05) is 26.0 Å². The molecule has 0 heterocycles. The first kappa shape index (κ1) is 14.3. The molecular weight excluding hydrogens is 226 g/mol. The first-order valence-electron chi connectivity index (χ1n) is 5.93. The second-order valence-electron chi connectivity index (χ2n) is 5.56. The number of rotatable bonds is 4. The van der Waals surface area contributed by atoms with E-state index in [1.54, 1.807) is 19.9 Å². The summed E-state index contributed by atoms with van der Waals surface area (Å²) in [5.41, 5.74) is 6.70. The van der Waals surface area contributed by atoms with E-state index in [0.717, 1.165) is 11.3 Å². The molecule has 0 aliphatic rings. The number of benzene rings is 1. The third-order valence-electron chi connectivity index (χ3n) is 3.40. The third-order valence-corrected chi connectivity index (χ3v) is 3.40. The van der Waals surface area contributed by atoms with Gasteiger partial charge in [-0.25, -0.2) is 0 Å². The number of aliphatic hydroxyl groups is 1. The standard InChI is InChI=1S/C14H21N3O/c1-13(2,14(3,4)18)17-11-5-6-12(16)10(9-11)7-8-15/h5-6,9,17-18H,7,16H2,1-4H3. The van der Waals surface area contributed by atoms with Gasteiger partial charge in [0.05, 0.1) is 23.6 Å². The summed E-state index contributed by atoms with van der Waals surface area (Å²) in [6.07, 6.45) is 0.282. The van der Waals surface area contributed by atoms with Gasteiger partial charge in [0.2, 0.25) is 0 Å². The Kier molecular flexibility index (Phi) is 3.88. The molecule has 0 fully saturated rings. The summed E-state index contributed by atoms with van der Waals surface area (Å²) in [6.45, 7) is 7.36. The van der Waals surface area contributed by atoms with Gasteiger partial charge in [-0.05, 0) is 51.5 Å². The second kappa shape index (κ2) is 4.87. The maximum absolute atomic E-state index is 10.1. The fourth-order valence-corrected chi connectivity index (χ4v) is 1.44. The summed E-state index contributed by atoms with van der Waals surface area (Å²) >= 11 is 0. The van der Waals surface area contributed by atoms with Gasteiger partial charge in [0.25, 0.3) is 0 Å². The lowest BCUT2D eigenvalue weighted by molar-refractivity contribution is 0.0240. The minimum atomic E-state index is -0.871. The van der Waals surface area contributed by atoms with Gasteiger partial charge in [0, 0.05) is 11.4 Å². The summed E-state index contributed by atoms with van der Waals surface area (Å²) in [7, 11) is 0. The Morgan fingerprint density at radius 3 is 2.44 bits per heavy atom. The minimum Gasteiger partial charge on any atom is -0.398 e. The Morgan fingerprint density at radius 1 is 1.33 bits per heavy atom. The smallest absolute Gasteiger partial charge is 0.0814 e. The van der Waals surface area contributed by atoms with E-state index >= 15 is 0 Å². The van der Waals surface area contributed by atoms with Gasteiger partial charge in [-0.2, -0.15) is 5.26 Å². The van der Waals surface area contributed by atoms with Crippen molar-refractivity contribution >= 4 is 11.4 Å². The van der Waals surface area contributed by atoms with Crippen LogP contribution in [-0.2, 0) is 6.42 Å². The van der Waals surface area contributed by atoms with Crippen LogP contribution in [0.5, 0.6) is 0 Å². The molecule has 98 valence electrons. The summed E-state index contributed by atoms with van der Waals surface area (Å²) in [6, 6.07) is 7.57. The van der Waals surface area contributed by atoms with Crippen molar-refractivity contribution in [3.63, 3.8) is 0 Å². The highest BCUT2D eigenvalue weighted by Gasteiger charge is 2.34. The molecule has 0 bridgehead atoms. The van der Waals surface area contributed by atoms with Crippen LogP contribution < -0.4 is 11.1 Å². The molecule has 0 unspecified atom stereocenters. The predicted octanol–water partition coefficient (Wildman–Crippen LogP) is 2.30. The Hall–Kier alpha value is -1.73. The van der Waals surface area contributed by atoms with E-state index in [-0.39, 0.29) is 6.42 Å². The van der Waals surface area contributed by atoms with E-state index in [4.69, 9.17) is 11.0 Å². The highest BCUT2D eigenvalue weighted by atomic mass is 16.3. The van der Waals surface area contributed by atoms with Crippen molar-refractivity contribution in [3.05, 3.63) is 23.8 Å². The molecule has 4 N–H and O–H groups in total. The lowest BCUT2D eigenvalue weighted by atomic mass is 9.85. The number of nitrogen functional groups attached to an aromatic ring is 1. The molecule has 0 saturated heterocycles. The van der Waals surface area contributed by atoms with E-state index in [1.165, 1.54) is 0 Å². The molecule has 0 aliphatic carbocycles. The molecule has 0 aliphatic heterocycles. The largest absolute Gasteiger partial charge is 0.398 e. The van der Waals surface area contributed by atoms with Gasteiger partial charge in [-0.3, -0.25) is 0 Å². The monoisotopic (exact) mass is 247 g/mol. The molecule has 0 saturated carbocycles. The van der Waals surface area contributed by atoms with Gasteiger partial charge >= 0.3 is 0 Å². The number of anilines is 2. The van der Waals surface area contributed by atoms with Crippen molar-refractivity contribution in [2.75, 3.05) is 11.1 Å². The highest BCUT2D eigenvalue weighted by Crippen LogP contribution is 2.27. The molecule has 4 nitrogen and oxygen atoms in total. The van der Waals surface area contributed by atoms with Crippen LogP contribution in [0.2, 0.25) is 0 Å². The Balaban J connectivity index is 3.00. The maximum Gasteiger partial charge on any atom is 0.0814 e. The molecule has 1 aromatic carbocycles. The third kappa shape index (κ3) is 3.14. The second-order valence-corrected chi connectivity index (χ2v) is 5.56. The molecule has 0 radical (unpaired) electrons. The van der Waals surface area contributed by atoms with Crippen LogP contribution in [0.15, 0.2) is 18.2 Å². The molecule has 1 rings (SSSR count). The summed E-state index contributed by atoms with van der Waals surface area (Å²) in [5, 5.41) is 22.1. The average Bonchev–Trinajstić information content (AvgIpc) is 2.21. The lowest BCUT2D eigenvalue weighted by Crippen LogP contribution is -2.51. The molecular formula is C14H21N3O. The number of nitrogens with zero attached hydrogens (tertiary/aromatic N) is 1. The normalized spacial score (nSPS) is 12.0. The molecule has 1 aromatic rings. The Labute approximate surface area is 108 Å². The van der Waals surface area contributed by atoms with Gasteiger partial charge in [-0.15, -0.1) is 0 Å². The Bertz CT molecular complexity index is 467. The summed E-state index contributed by atoms with van der Waals surface area (Å²) in [5.74, 6) is 0. The van der Waals surface area contributed by atoms with Crippen molar-refractivity contribution in [2.24, 2.45) is 0 Å². The van der Waals surface area contributed by atoms with Gasteiger partial charge < -0.3 is 16.2 Å². The van der Waals surface area contributed by atoms with Gasteiger partial charge in [-0.1, -0.05) is 0 Å². The first-order valence-corrected chi connectivity index (χ1v) is 5.93. The number of hydrogen-bond donors (Lipinski definition) is 3. The number of hydrogen-bond acceptors (Lipinski definition) is 4. The highest BCUT2D eigenvalue weighted by molar-refractivity contribution is 5.59. The fourth-order valence-electron chi connectivity index (χ4n) is 1.44. The Morgan fingerprint density at radius 2 is 1.94 bits per heavy atom. The van der Waals surface area contributed by atoms with E-state index in [0.29, 0.717) is 5.69 Å². The van der Waals surface area contributed by atoms with Crippen LogP contribution in [0.3, 0.4) is 0 Å². The van der Waals surface area contributed by atoms with E-state index in [9.17, 15) is 5.11 Å². The molecule has 18 heavy (non-hydrogen) atoms. The summed E-state index contributed by atoms with van der Waals surface area (Å²) < 4.78 is 0. The van der Waals surface area contributed by atoms with Gasteiger partial charge in [0.1, 0.15) is 0 Å². The predicted molar refractivity (Wildman–Crippen MR) is 74.2 cm³/mol. The molecule has 0 spiro atoms. The SMILES string of the molecule is CC(C)(O)C(C)(C)Nc1ccc(N)c(CC#N)c1. The van der Waals surface area contributed by atoms with Crippen molar-refractivity contribution < 1.29 is 5.11 Å². The van der Waals surface area contributed by atoms with E-state index < -0.39 is 11.1 Å². The van der Waals surface area contributed by atoms with Gasteiger partial charge in [0.15, 0.2) is 0 Å². The van der Waals surface area contributed by atoms with Crippen molar-refractivity contribution in [3.8, 4) is 6.07 Å². The minimum absolute atomic E-state index is 0.282. The van der Waals surface area contributed by atoms with Crippen LogP contribution in [0.25, 0.3) is 0 Å². The van der Waals surface area contributed by atoms with Crippen LogP contribution in [-0.4, -0.2) is 16.2 Å². The van der Waals surface area contributed by atoms with Crippen LogP contribution in [0.1, 0.15) is 33.3 Å². The van der Waals surface area contributed by atoms with Crippen molar-refractivity contribution in [2.45, 2.75) is 45.3 Å². The average molecular weight is 247 g/mol. The molecule has 4 heteroatoms. The zero-order chi connectivity index (χ0) is 14.0. The van der Waals surface area contributed by atoms with Crippen LogP contribution >= 0.6 is 0 Å². The number of nitrogens with two attached hydrogens (primary N) is 1. The first-order chi connectivity index (χ1) is 8.17. The molecule has 0 amide bonds. The number of nitriles is 1. The quantitative estimate of drug-likeness (QED) is 0.713. The lowest BCUT2D eigenvalue weighted by Gasteiger charge is -2.39. The zero-order valence-electron chi connectivity index (χ0n) is 11.4. The maximum atomic E-state index is 10.1. The number of nitrogens with one attached hydrogen (secondary N) is 1. The van der Waals surface area contributed by atoms with E-state index in [2.05, 4.69) is 11.4 Å². The zero-order valence-corrected chi connectivity index (χ0v) is 11.4.